The summed E-state index contributed by atoms with van der Waals surface area (Å²) in [6, 6.07) is 2.83. The highest BCUT2D eigenvalue weighted by Gasteiger charge is 2.25. The van der Waals surface area contributed by atoms with Gasteiger partial charge in [-0.25, -0.2) is 4.79 Å². The molecule has 1 heterocycles. The maximum atomic E-state index is 11.5. The standard InChI is InChI=1S/C10H12BrNO4/c1-15-9(13)6-7(10(14)16-2)12-5-3-4-8(12)11/h3-5,7H,6H2,1-2H3/t7-/m0/s1. The first kappa shape index (κ1) is 12.8. The van der Waals surface area contributed by atoms with Gasteiger partial charge in [-0.05, 0) is 28.1 Å². The third kappa shape index (κ3) is 2.85. The summed E-state index contributed by atoms with van der Waals surface area (Å²) >= 11 is 3.28. The molecule has 0 aliphatic carbocycles. The van der Waals surface area contributed by atoms with Gasteiger partial charge in [-0.1, -0.05) is 0 Å². The lowest BCUT2D eigenvalue weighted by Gasteiger charge is -2.16. The molecule has 0 amide bonds. The van der Waals surface area contributed by atoms with Crippen LogP contribution < -0.4 is 0 Å². The summed E-state index contributed by atoms with van der Waals surface area (Å²) in [7, 11) is 2.56. The van der Waals surface area contributed by atoms with E-state index in [0.29, 0.717) is 4.60 Å². The molecule has 1 atom stereocenters. The number of hydrogen-bond acceptors (Lipinski definition) is 4. The van der Waals surface area contributed by atoms with Crippen molar-refractivity contribution in [2.24, 2.45) is 0 Å². The average molecular weight is 290 g/mol. The van der Waals surface area contributed by atoms with Crippen molar-refractivity contribution >= 4 is 27.9 Å². The minimum Gasteiger partial charge on any atom is -0.469 e. The Bertz CT molecular complexity index is 388. The van der Waals surface area contributed by atoms with Crippen molar-refractivity contribution in [1.29, 1.82) is 0 Å². The third-order valence-corrected chi connectivity index (χ3v) is 2.80. The second-order valence-electron chi connectivity index (χ2n) is 3.06. The number of halogens is 1. The topological polar surface area (TPSA) is 57.5 Å². The van der Waals surface area contributed by atoms with Gasteiger partial charge in [0.05, 0.1) is 25.2 Å². The molecular formula is C10H12BrNO4. The van der Waals surface area contributed by atoms with Crippen LogP contribution in [0.15, 0.2) is 22.9 Å². The summed E-state index contributed by atoms with van der Waals surface area (Å²) in [6.45, 7) is 0. The van der Waals surface area contributed by atoms with Gasteiger partial charge in [0.1, 0.15) is 6.04 Å². The Kier molecular flexibility index (Phi) is 4.54. The number of rotatable bonds is 4. The Morgan fingerprint density at radius 3 is 2.56 bits per heavy atom. The van der Waals surface area contributed by atoms with Crippen LogP contribution in [0.2, 0.25) is 0 Å². The zero-order valence-corrected chi connectivity index (χ0v) is 10.6. The number of aromatic nitrogens is 1. The van der Waals surface area contributed by atoms with E-state index in [4.69, 9.17) is 0 Å². The second kappa shape index (κ2) is 5.69. The van der Waals surface area contributed by atoms with Crippen LogP contribution in [0.5, 0.6) is 0 Å². The molecule has 0 radical (unpaired) electrons. The van der Waals surface area contributed by atoms with Gasteiger partial charge in [-0.3, -0.25) is 4.79 Å². The van der Waals surface area contributed by atoms with E-state index in [1.54, 1.807) is 22.9 Å². The SMILES string of the molecule is COC(=O)C[C@@H](C(=O)OC)n1cccc1Br. The molecule has 6 heteroatoms. The Morgan fingerprint density at radius 2 is 2.12 bits per heavy atom. The predicted molar refractivity (Wildman–Crippen MR) is 59.8 cm³/mol. The van der Waals surface area contributed by atoms with Crippen molar-refractivity contribution in [2.75, 3.05) is 14.2 Å². The molecule has 0 aliphatic heterocycles. The molecule has 1 aromatic heterocycles. The summed E-state index contributed by atoms with van der Waals surface area (Å²) in [4.78, 5) is 22.7. The van der Waals surface area contributed by atoms with E-state index in [1.807, 2.05) is 0 Å². The van der Waals surface area contributed by atoms with Crippen LogP contribution in [0.25, 0.3) is 0 Å². The highest BCUT2D eigenvalue weighted by Crippen LogP contribution is 2.21. The quantitative estimate of drug-likeness (QED) is 0.789. The molecule has 5 nitrogen and oxygen atoms in total. The molecule has 16 heavy (non-hydrogen) atoms. The van der Waals surface area contributed by atoms with Crippen molar-refractivity contribution in [3.05, 3.63) is 22.9 Å². The fourth-order valence-electron chi connectivity index (χ4n) is 1.30. The van der Waals surface area contributed by atoms with Crippen molar-refractivity contribution in [2.45, 2.75) is 12.5 Å². The molecule has 0 saturated heterocycles. The number of esters is 2. The van der Waals surface area contributed by atoms with E-state index in [9.17, 15) is 9.59 Å². The molecule has 0 fully saturated rings. The van der Waals surface area contributed by atoms with Crippen LogP contribution in [0, 0.1) is 0 Å². The lowest BCUT2D eigenvalue weighted by Crippen LogP contribution is -2.24. The smallest absolute Gasteiger partial charge is 0.329 e. The van der Waals surface area contributed by atoms with Crippen LogP contribution in [-0.2, 0) is 19.1 Å². The molecule has 0 N–H and O–H groups in total. The van der Waals surface area contributed by atoms with Gasteiger partial charge in [0.2, 0.25) is 0 Å². The number of nitrogens with zero attached hydrogens (tertiary/aromatic N) is 1. The van der Waals surface area contributed by atoms with Gasteiger partial charge in [-0.2, -0.15) is 0 Å². The van der Waals surface area contributed by atoms with Crippen LogP contribution >= 0.6 is 15.9 Å². The fraction of sp³-hybridized carbons (Fsp3) is 0.400. The molecule has 0 aliphatic rings. The summed E-state index contributed by atoms with van der Waals surface area (Å²) < 4.78 is 11.5. The monoisotopic (exact) mass is 289 g/mol. The zero-order valence-electron chi connectivity index (χ0n) is 8.97. The maximum Gasteiger partial charge on any atom is 0.329 e. The minimum atomic E-state index is -0.707. The first-order chi connectivity index (χ1) is 7.60. The van der Waals surface area contributed by atoms with E-state index >= 15 is 0 Å². The summed E-state index contributed by atoms with van der Waals surface area (Å²) in [5, 5.41) is 0. The molecule has 0 bridgehead atoms. The van der Waals surface area contributed by atoms with Crippen LogP contribution in [0.3, 0.4) is 0 Å². The van der Waals surface area contributed by atoms with Crippen LogP contribution in [0.4, 0.5) is 0 Å². The largest absolute Gasteiger partial charge is 0.469 e. The van der Waals surface area contributed by atoms with Crippen molar-refractivity contribution in [3.63, 3.8) is 0 Å². The summed E-state index contributed by atoms with van der Waals surface area (Å²) in [6.07, 6.45) is 1.63. The first-order valence-corrected chi connectivity index (χ1v) is 5.36. The van der Waals surface area contributed by atoms with Crippen molar-refractivity contribution in [3.8, 4) is 0 Å². The lowest BCUT2D eigenvalue weighted by molar-refractivity contribution is -0.151. The van der Waals surface area contributed by atoms with E-state index in [0.717, 1.165) is 0 Å². The molecular weight excluding hydrogens is 278 g/mol. The predicted octanol–water partition coefficient (Wildman–Crippen LogP) is 1.53. The molecule has 0 aromatic carbocycles. The fourth-order valence-corrected chi connectivity index (χ4v) is 1.82. The first-order valence-electron chi connectivity index (χ1n) is 4.57. The van der Waals surface area contributed by atoms with E-state index in [-0.39, 0.29) is 6.42 Å². The van der Waals surface area contributed by atoms with Gasteiger partial charge in [0.15, 0.2) is 0 Å². The maximum absolute atomic E-state index is 11.5. The van der Waals surface area contributed by atoms with Gasteiger partial charge in [-0.15, -0.1) is 0 Å². The van der Waals surface area contributed by atoms with E-state index in [1.165, 1.54) is 14.2 Å². The van der Waals surface area contributed by atoms with Crippen LogP contribution in [0.1, 0.15) is 12.5 Å². The highest BCUT2D eigenvalue weighted by atomic mass is 79.9. The normalized spacial score (nSPS) is 11.9. The summed E-state index contributed by atoms with van der Waals surface area (Å²) in [5.74, 6) is -0.946. The Hall–Kier alpha value is -1.30. The molecule has 88 valence electrons. The number of ether oxygens (including phenoxy) is 2. The number of hydrogen-bond donors (Lipinski definition) is 0. The minimum absolute atomic E-state index is 0.0591. The Morgan fingerprint density at radius 1 is 1.44 bits per heavy atom. The number of methoxy groups -OCH3 is 2. The van der Waals surface area contributed by atoms with Gasteiger partial charge >= 0.3 is 11.9 Å². The molecule has 0 unspecified atom stereocenters. The van der Waals surface area contributed by atoms with Gasteiger partial charge in [0.25, 0.3) is 0 Å². The number of carbonyl (C=O) groups is 2. The molecule has 1 aromatic rings. The summed E-state index contributed by atoms with van der Waals surface area (Å²) in [5.41, 5.74) is 0. The second-order valence-corrected chi connectivity index (χ2v) is 3.87. The van der Waals surface area contributed by atoms with Crippen molar-refractivity contribution in [1.82, 2.24) is 4.57 Å². The lowest BCUT2D eigenvalue weighted by atomic mass is 10.2. The van der Waals surface area contributed by atoms with E-state index in [2.05, 4.69) is 25.4 Å². The Balaban J connectivity index is 2.92. The Labute approximate surface area is 101 Å². The van der Waals surface area contributed by atoms with Gasteiger partial charge < -0.3 is 14.0 Å². The van der Waals surface area contributed by atoms with E-state index < -0.39 is 18.0 Å². The molecule has 0 saturated carbocycles. The van der Waals surface area contributed by atoms with Crippen molar-refractivity contribution < 1.29 is 19.1 Å². The van der Waals surface area contributed by atoms with Gasteiger partial charge in [0, 0.05) is 6.20 Å². The number of carbonyl (C=O) groups excluding carboxylic acids is 2. The third-order valence-electron chi connectivity index (χ3n) is 2.12. The average Bonchev–Trinajstić information content (AvgIpc) is 2.70. The van der Waals surface area contributed by atoms with Crippen LogP contribution in [-0.4, -0.2) is 30.7 Å². The zero-order chi connectivity index (χ0) is 12.1. The molecule has 1 rings (SSSR count). The molecule has 0 spiro atoms. The highest BCUT2D eigenvalue weighted by molar-refractivity contribution is 9.10.